The molecule has 0 spiro atoms. The van der Waals surface area contributed by atoms with Gasteiger partial charge in [-0.2, -0.15) is 0 Å². The molecule has 2 rings (SSSR count). The molecule has 140 valence electrons. The molecule has 0 fully saturated rings. The highest BCUT2D eigenvalue weighted by Crippen LogP contribution is 2.14. The molecule has 1 amide bonds. The largest absolute Gasteiger partial charge is 0.396 e. The summed E-state index contributed by atoms with van der Waals surface area (Å²) in [5.41, 5.74) is 2.06. The fraction of sp³-hybridized carbons (Fsp3) is 0.286. The molecule has 27 heavy (non-hydrogen) atoms. The Balaban J connectivity index is 2.08. The Morgan fingerprint density at radius 1 is 1.11 bits per heavy atom. The van der Waals surface area contributed by atoms with Crippen LogP contribution in [0.2, 0.25) is 0 Å². The molecule has 1 atom stereocenters. The van der Waals surface area contributed by atoms with Crippen LogP contribution >= 0.6 is 0 Å². The lowest BCUT2D eigenvalue weighted by atomic mass is 9.92. The third-order valence-corrected chi connectivity index (χ3v) is 4.09. The van der Waals surface area contributed by atoms with Crippen molar-refractivity contribution in [1.82, 2.24) is 9.88 Å². The molecule has 0 radical (unpaired) electrons. The van der Waals surface area contributed by atoms with Gasteiger partial charge < -0.3 is 15.0 Å². The minimum atomic E-state index is -1.09. The molecular weight excluding hydrogens is 344 g/mol. The zero-order chi connectivity index (χ0) is 19.8. The number of ketones is 2. The molecule has 2 N–H and O–H groups in total. The molecule has 0 bridgehead atoms. The Labute approximate surface area is 158 Å². The number of Topliss-reactive ketones (excluding diaryl/α,β-unsaturated/α-hetero) is 2. The van der Waals surface area contributed by atoms with Gasteiger partial charge in [-0.1, -0.05) is 24.0 Å². The van der Waals surface area contributed by atoms with Crippen LogP contribution in [-0.2, 0) is 16.6 Å². The van der Waals surface area contributed by atoms with Crippen LogP contribution in [0.1, 0.15) is 34.3 Å². The molecule has 0 saturated carbocycles. The molecule has 2 aromatic rings. The summed E-state index contributed by atoms with van der Waals surface area (Å²) in [5, 5.41) is 11.3. The van der Waals surface area contributed by atoms with Crippen molar-refractivity contribution in [3.05, 3.63) is 59.4 Å². The van der Waals surface area contributed by atoms with Gasteiger partial charge in [0.05, 0.1) is 0 Å². The van der Waals surface area contributed by atoms with Crippen molar-refractivity contribution >= 4 is 17.5 Å². The minimum Gasteiger partial charge on any atom is -0.396 e. The third-order valence-electron chi connectivity index (χ3n) is 4.09. The molecule has 0 aliphatic rings. The summed E-state index contributed by atoms with van der Waals surface area (Å²) in [6.45, 7) is -0.352. The lowest BCUT2D eigenvalue weighted by Gasteiger charge is -2.13. The summed E-state index contributed by atoms with van der Waals surface area (Å²) < 4.78 is 1.91. The van der Waals surface area contributed by atoms with Gasteiger partial charge in [-0.3, -0.25) is 14.4 Å². The van der Waals surface area contributed by atoms with Gasteiger partial charge in [0.2, 0.25) is 5.91 Å². The zero-order valence-corrected chi connectivity index (χ0v) is 15.4. The lowest BCUT2D eigenvalue weighted by molar-refractivity contribution is -0.134. The van der Waals surface area contributed by atoms with Gasteiger partial charge in [-0.15, -0.1) is 0 Å². The standard InChI is InChI=1S/C21H22N2O4/c1-22-21(27)18(19(25)10-12-24)13-20(26)17-7-5-15(6-8-17)3-4-16-9-11-23(2)14-16/h5-9,11,14,18,24H,10,12-13H2,1-2H3,(H,22,27). The van der Waals surface area contributed by atoms with Crippen molar-refractivity contribution in [3.8, 4) is 11.8 Å². The van der Waals surface area contributed by atoms with E-state index in [-0.39, 0.29) is 25.2 Å². The van der Waals surface area contributed by atoms with Crippen molar-refractivity contribution < 1.29 is 19.5 Å². The number of aliphatic hydroxyl groups is 1. The molecule has 1 unspecified atom stereocenters. The topological polar surface area (TPSA) is 88.4 Å². The molecule has 1 heterocycles. The maximum atomic E-state index is 12.4. The number of aryl methyl sites for hydroxylation is 1. The summed E-state index contributed by atoms with van der Waals surface area (Å²) in [4.78, 5) is 36.3. The Hall–Kier alpha value is -3.17. The van der Waals surface area contributed by atoms with E-state index in [1.54, 1.807) is 24.3 Å². The van der Waals surface area contributed by atoms with Crippen LogP contribution in [0.4, 0.5) is 0 Å². The second kappa shape index (κ2) is 9.51. The number of rotatable bonds is 7. The van der Waals surface area contributed by atoms with Gasteiger partial charge in [-0.05, 0) is 18.2 Å². The number of nitrogens with zero attached hydrogens (tertiary/aromatic N) is 1. The van der Waals surface area contributed by atoms with Crippen LogP contribution in [0.25, 0.3) is 0 Å². The van der Waals surface area contributed by atoms with Crippen molar-refractivity contribution in [2.45, 2.75) is 12.8 Å². The molecule has 0 aliphatic heterocycles. The van der Waals surface area contributed by atoms with Crippen molar-refractivity contribution in [3.63, 3.8) is 0 Å². The predicted molar refractivity (Wildman–Crippen MR) is 101 cm³/mol. The van der Waals surface area contributed by atoms with Crippen LogP contribution in [0.3, 0.4) is 0 Å². The number of hydrogen-bond acceptors (Lipinski definition) is 4. The van der Waals surface area contributed by atoms with Gasteiger partial charge >= 0.3 is 0 Å². The minimum absolute atomic E-state index is 0.153. The second-order valence-corrected chi connectivity index (χ2v) is 6.13. The van der Waals surface area contributed by atoms with E-state index in [9.17, 15) is 14.4 Å². The van der Waals surface area contributed by atoms with E-state index in [1.165, 1.54) is 7.05 Å². The van der Waals surface area contributed by atoms with Crippen molar-refractivity contribution in [2.24, 2.45) is 13.0 Å². The van der Waals surface area contributed by atoms with Crippen LogP contribution < -0.4 is 5.32 Å². The van der Waals surface area contributed by atoms with E-state index >= 15 is 0 Å². The monoisotopic (exact) mass is 366 g/mol. The lowest BCUT2D eigenvalue weighted by Crippen LogP contribution is -2.35. The fourth-order valence-corrected chi connectivity index (χ4v) is 2.58. The maximum absolute atomic E-state index is 12.4. The van der Waals surface area contributed by atoms with E-state index in [4.69, 9.17) is 5.11 Å². The van der Waals surface area contributed by atoms with Gasteiger partial charge in [-0.25, -0.2) is 0 Å². The molecule has 1 aromatic heterocycles. The maximum Gasteiger partial charge on any atom is 0.230 e. The summed E-state index contributed by atoms with van der Waals surface area (Å²) >= 11 is 0. The van der Waals surface area contributed by atoms with E-state index in [0.717, 1.165) is 11.1 Å². The highest BCUT2D eigenvalue weighted by atomic mass is 16.3. The number of carbonyl (C=O) groups excluding carboxylic acids is 3. The number of nitrogens with one attached hydrogen (secondary N) is 1. The number of amides is 1. The first kappa shape index (κ1) is 20.1. The van der Waals surface area contributed by atoms with Crippen LogP contribution in [0, 0.1) is 17.8 Å². The first-order chi connectivity index (χ1) is 12.9. The quantitative estimate of drug-likeness (QED) is 0.439. The van der Waals surface area contributed by atoms with E-state index in [1.807, 2.05) is 30.1 Å². The summed E-state index contributed by atoms with van der Waals surface area (Å²) in [7, 11) is 3.33. The van der Waals surface area contributed by atoms with E-state index in [2.05, 4.69) is 17.2 Å². The van der Waals surface area contributed by atoms with Gasteiger partial charge in [0.15, 0.2) is 5.78 Å². The average Bonchev–Trinajstić information content (AvgIpc) is 3.09. The number of aliphatic hydroxyl groups excluding tert-OH is 1. The molecule has 1 aromatic carbocycles. The molecule has 6 heteroatoms. The Morgan fingerprint density at radius 3 is 2.33 bits per heavy atom. The van der Waals surface area contributed by atoms with Crippen molar-refractivity contribution in [1.29, 1.82) is 0 Å². The third kappa shape index (κ3) is 5.66. The van der Waals surface area contributed by atoms with Gasteiger partial charge in [0, 0.05) is 62.6 Å². The molecule has 0 saturated heterocycles. The Kier molecular flexibility index (Phi) is 7.09. The Morgan fingerprint density at radius 2 is 1.78 bits per heavy atom. The highest BCUT2D eigenvalue weighted by Gasteiger charge is 2.28. The molecule has 0 aliphatic carbocycles. The normalized spacial score (nSPS) is 11.2. The predicted octanol–water partition coefficient (Wildman–Crippen LogP) is 1.31. The number of aromatic nitrogens is 1. The fourth-order valence-electron chi connectivity index (χ4n) is 2.58. The summed E-state index contributed by atoms with van der Waals surface area (Å²) in [5.74, 6) is 3.69. The van der Waals surface area contributed by atoms with E-state index in [0.29, 0.717) is 5.56 Å². The summed E-state index contributed by atoms with van der Waals surface area (Å²) in [6.07, 6.45) is 3.44. The molecular formula is C21H22N2O4. The smallest absolute Gasteiger partial charge is 0.230 e. The first-order valence-corrected chi connectivity index (χ1v) is 8.57. The van der Waals surface area contributed by atoms with Gasteiger partial charge in [0.25, 0.3) is 0 Å². The summed E-state index contributed by atoms with van der Waals surface area (Å²) in [6, 6.07) is 8.64. The van der Waals surface area contributed by atoms with E-state index < -0.39 is 17.6 Å². The first-order valence-electron chi connectivity index (χ1n) is 8.57. The number of carbonyl (C=O) groups is 3. The van der Waals surface area contributed by atoms with Crippen LogP contribution in [-0.4, -0.2) is 40.8 Å². The van der Waals surface area contributed by atoms with Crippen molar-refractivity contribution in [2.75, 3.05) is 13.7 Å². The number of benzene rings is 1. The van der Waals surface area contributed by atoms with Crippen LogP contribution in [0.5, 0.6) is 0 Å². The average molecular weight is 366 g/mol. The Bertz CT molecular complexity index is 885. The number of hydrogen-bond donors (Lipinski definition) is 2. The van der Waals surface area contributed by atoms with Crippen LogP contribution in [0.15, 0.2) is 42.7 Å². The second-order valence-electron chi connectivity index (χ2n) is 6.13. The van der Waals surface area contributed by atoms with Gasteiger partial charge in [0.1, 0.15) is 11.7 Å². The SMILES string of the molecule is CNC(=O)C(CC(=O)c1ccc(C#Cc2ccn(C)c2)cc1)C(=O)CCO. The highest BCUT2D eigenvalue weighted by molar-refractivity contribution is 6.07. The zero-order valence-electron chi connectivity index (χ0n) is 15.4. The molecule has 6 nitrogen and oxygen atoms in total.